The predicted octanol–water partition coefficient (Wildman–Crippen LogP) is 2.89. The number of carbonyl (C=O) groups is 1. The largest absolute Gasteiger partial charge is 0.298 e. The second-order valence-corrected chi connectivity index (χ2v) is 4.81. The van der Waals surface area contributed by atoms with Crippen LogP contribution in [0.3, 0.4) is 0 Å². The molecule has 2 aromatic heterocycles. The van der Waals surface area contributed by atoms with Gasteiger partial charge < -0.3 is 0 Å². The van der Waals surface area contributed by atoms with Gasteiger partial charge in [-0.15, -0.1) is 11.3 Å². The Morgan fingerprint density at radius 2 is 2.24 bits per heavy atom. The number of thiazole rings is 1. The van der Waals surface area contributed by atoms with E-state index < -0.39 is 11.7 Å². The quantitative estimate of drug-likeness (QED) is 0.855. The van der Waals surface area contributed by atoms with E-state index in [1.54, 1.807) is 6.20 Å². The molecule has 0 radical (unpaired) electrons. The van der Waals surface area contributed by atoms with Crippen LogP contribution in [0.25, 0.3) is 0 Å². The van der Waals surface area contributed by atoms with E-state index in [0.717, 1.165) is 17.1 Å². The number of amides is 1. The van der Waals surface area contributed by atoms with Gasteiger partial charge in [-0.3, -0.25) is 10.1 Å². The van der Waals surface area contributed by atoms with E-state index in [2.05, 4.69) is 15.3 Å². The molecule has 2 aromatic rings. The van der Waals surface area contributed by atoms with Crippen LogP contribution in [-0.2, 0) is 0 Å². The zero-order valence-corrected chi connectivity index (χ0v) is 10.3. The maximum absolute atomic E-state index is 12.9. The average Bonchev–Trinajstić information content (AvgIpc) is 2.67. The highest BCUT2D eigenvalue weighted by Crippen LogP contribution is 2.19. The van der Waals surface area contributed by atoms with Crippen LogP contribution >= 0.6 is 22.9 Å². The standard InChI is InChI=1S/C10H7ClFN3OS/c1-5-3-14-10(17-5)15-9(16)7-2-6(12)4-13-8(7)11/h2-4H,1H3,(H,14,15,16). The molecule has 0 spiro atoms. The van der Waals surface area contributed by atoms with Crippen LogP contribution in [0, 0.1) is 12.7 Å². The maximum Gasteiger partial charge on any atom is 0.260 e. The third kappa shape index (κ3) is 2.78. The van der Waals surface area contributed by atoms with Crippen molar-refractivity contribution >= 4 is 34.0 Å². The van der Waals surface area contributed by atoms with Gasteiger partial charge in [0.05, 0.1) is 11.8 Å². The Morgan fingerprint density at radius 1 is 1.47 bits per heavy atom. The van der Waals surface area contributed by atoms with E-state index in [4.69, 9.17) is 11.6 Å². The molecule has 0 aliphatic heterocycles. The summed E-state index contributed by atoms with van der Waals surface area (Å²) in [4.78, 5) is 20.2. The molecule has 1 amide bonds. The molecule has 1 N–H and O–H groups in total. The molecule has 0 unspecified atom stereocenters. The minimum atomic E-state index is -0.616. The Labute approximate surface area is 105 Å². The normalized spacial score (nSPS) is 10.3. The smallest absolute Gasteiger partial charge is 0.260 e. The van der Waals surface area contributed by atoms with Crippen LogP contribution in [0.1, 0.15) is 15.2 Å². The number of hydrogen-bond donors (Lipinski definition) is 1. The van der Waals surface area contributed by atoms with Gasteiger partial charge in [0.2, 0.25) is 0 Å². The molecule has 17 heavy (non-hydrogen) atoms. The van der Waals surface area contributed by atoms with Crippen LogP contribution in [0.2, 0.25) is 5.15 Å². The molecule has 88 valence electrons. The van der Waals surface area contributed by atoms with E-state index in [1.165, 1.54) is 11.3 Å². The van der Waals surface area contributed by atoms with Gasteiger partial charge in [0.25, 0.3) is 5.91 Å². The number of halogens is 2. The lowest BCUT2D eigenvalue weighted by Gasteiger charge is -2.03. The zero-order valence-electron chi connectivity index (χ0n) is 8.70. The molecule has 0 aliphatic carbocycles. The minimum absolute atomic E-state index is 0.0143. The van der Waals surface area contributed by atoms with Crippen molar-refractivity contribution in [1.82, 2.24) is 9.97 Å². The molecule has 0 atom stereocenters. The number of aryl methyl sites for hydroxylation is 1. The lowest BCUT2D eigenvalue weighted by Crippen LogP contribution is -2.13. The SMILES string of the molecule is Cc1cnc(NC(=O)c2cc(F)cnc2Cl)s1. The Balaban J connectivity index is 2.22. The number of rotatable bonds is 2. The fraction of sp³-hybridized carbons (Fsp3) is 0.100. The molecule has 7 heteroatoms. The molecule has 2 rings (SSSR count). The van der Waals surface area contributed by atoms with Crippen molar-refractivity contribution in [2.24, 2.45) is 0 Å². The van der Waals surface area contributed by atoms with E-state index in [-0.39, 0.29) is 10.7 Å². The highest BCUT2D eigenvalue weighted by molar-refractivity contribution is 7.15. The molecule has 0 fully saturated rings. The molecular weight excluding hydrogens is 265 g/mol. The van der Waals surface area contributed by atoms with Gasteiger partial charge >= 0.3 is 0 Å². The summed E-state index contributed by atoms with van der Waals surface area (Å²) in [5, 5.41) is 2.92. The molecular formula is C10H7ClFN3OS. The summed E-state index contributed by atoms with van der Waals surface area (Å²) in [5.41, 5.74) is -0.0143. The summed E-state index contributed by atoms with van der Waals surface area (Å²) in [6.07, 6.45) is 2.58. The van der Waals surface area contributed by atoms with Gasteiger partial charge in [-0.1, -0.05) is 11.6 Å². The fourth-order valence-electron chi connectivity index (χ4n) is 1.16. The Bertz CT molecular complexity index is 572. The van der Waals surface area contributed by atoms with E-state index in [0.29, 0.717) is 5.13 Å². The van der Waals surface area contributed by atoms with Gasteiger partial charge in [0.1, 0.15) is 11.0 Å². The highest BCUT2D eigenvalue weighted by atomic mass is 35.5. The minimum Gasteiger partial charge on any atom is -0.298 e. The molecule has 0 saturated carbocycles. The first-order valence-corrected chi connectivity index (χ1v) is 5.80. The number of nitrogens with one attached hydrogen (secondary N) is 1. The second kappa shape index (κ2) is 4.77. The van der Waals surface area contributed by atoms with Crippen LogP contribution in [0.5, 0.6) is 0 Å². The molecule has 2 heterocycles. The van der Waals surface area contributed by atoms with Gasteiger partial charge in [-0.05, 0) is 13.0 Å². The fourth-order valence-corrected chi connectivity index (χ4v) is 2.01. The van der Waals surface area contributed by atoms with Gasteiger partial charge in [-0.25, -0.2) is 14.4 Å². The van der Waals surface area contributed by atoms with Crippen molar-refractivity contribution in [3.63, 3.8) is 0 Å². The molecule has 0 bridgehead atoms. The lowest BCUT2D eigenvalue weighted by molar-refractivity contribution is 0.102. The van der Waals surface area contributed by atoms with E-state index in [9.17, 15) is 9.18 Å². The van der Waals surface area contributed by atoms with Crippen molar-refractivity contribution in [3.8, 4) is 0 Å². The summed E-state index contributed by atoms with van der Waals surface area (Å²) in [5.74, 6) is -1.15. The summed E-state index contributed by atoms with van der Waals surface area (Å²) >= 11 is 7.03. The Kier molecular flexibility index (Phi) is 3.35. The topological polar surface area (TPSA) is 54.9 Å². The van der Waals surface area contributed by atoms with Gasteiger partial charge in [0, 0.05) is 11.1 Å². The van der Waals surface area contributed by atoms with Crippen LogP contribution in [0.4, 0.5) is 9.52 Å². The second-order valence-electron chi connectivity index (χ2n) is 3.22. The Hall–Kier alpha value is -1.53. The monoisotopic (exact) mass is 271 g/mol. The van der Waals surface area contributed by atoms with Crippen molar-refractivity contribution in [2.75, 3.05) is 5.32 Å². The summed E-state index contributed by atoms with van der Waals surface area (Å²) in [6.45, 7) is 1.87. The summed E-state index contributed by atoms with van der Waals surface area (Å²) in [6, 6.07) is 1.03. The first-order valence-electron chi connectivity index (χ1n) is 4.61. The third-order valence-corrected chi connectivity index (χ3v) is 3.02. The zero-order chi connectivity index (χ0) is 12.4. The number of hydrogen-bond acceptors (Lipinski definition) is 4. The number of carbonyl (C=O) groups excluding carboxylic acids is 1. The van der Waals surface area contributed by atoms with Crippen molar-refractivity contribution < 1.29 is 9.18 Å². The molecule has 0 aromatic carbocycles. The number of aromatic nitrogens is 2. The first kappa shape index (κ1) is 11.9. The van der Waals surface area contributed by atoms with Crippen molar-refractivity contribution in [1.29, 1.82) is 0 Å². The van der Waals surface area contributed by atoms with Crippen molar-refractivity contribution in [2.45, 2.75) is 6.92 Å². The van der Waals surface area contributed by atoms with Crippen LogP contribution in [0.15, 0.2) is 18.5 Å². The number of nitrogens with zero attached hydrogens (tertiary/aromatic N) is 2. The number of pyridine rings is 1. The van der Waals surface area contributed by atoms with E-state index in [1.807, 2.05) is 6.92 Å². The number of anilines is 1. The average molecular weight is 272 g/mol. The first-order chi connectivity index (χ1) is 8.06. The lowest BCUT2D eigenvalue weighted by atomic mass is 10.2. The molecule has 0 saturated heterocycles. The van der Waals surface area contributed by atoms with Crippen LogP contribution in [-0.4, -0.2) is 15.9 Å². The predicted molar refractivity (Wildman–Crippen MR) is 64.0 cm³/mol. The van der Waals surface area contributed by atoms with E-state index >= 15 is 0 Å². The molecule has 0 aliphatic rings. The summed E-state index contributed by atoms with van der Waals surface area (Å²) < 4.78 is 12.9. The summed E-state index contributed by atoms with van der Waals surface area (Å²) in [7, 11) is 0. The van der Waals surface area contributed by atoms with Crippen molar-refractivity contribution in [3.05, 3.63) is 39.9 Å². The van der Waals surface area contributed by atoms with Gasteiger partial charge in [0.15, 0.2) is 5.13 Å². The maximum atomic E-state index is 12.9. The van der Waals surface area contributed by atoms with Crippen LogP contribution < -0.4 is 5.32 Å². The molecule has 4 nitrogen and oxygen atoms in total. The third-order valence-electron chi connectivity index (χ3n) is 1.89. The Morgan fingerprint density at radius 3 is 2.88 bits per heavy atom. The van der Waals surface area contributed by atoms with Gasteiger partial charge in [-0.2, -0.15) is 0 Å². The highest BCUT2D eigenvalue weighted by Gasteiger charge is 2.14.